The number of carbonyl (C=O) groups is 1. The molecule has 1 N–H and O–H groups in total. The minimum atomic E-state index is -0.0235. The molecule has 0 aliphatic rings. The van der Waals surface area contributed by atoms with Crippen molar-refractivity contribution in [2.75, 3.05) is 5.32 Å². The van der Waals surface area contributed by atoms with Crippen LogP contribution in [-0.4, -0.2) is 35.4 Å². The maximum absolute atomic E-state index is 12.3. The zero-order valence-electron chi connectivity index (χ0n) is 16.7. The van der Waals surface area contributed by atoms with Crippen LogP contribution in [-0.2, 0) is 17.2 Å². The van der Waals surface area contributed by atoms with Crippen molar-refractivity contribution < 1.29 is 4.79 Å². The SMILES string of the molecule is Cc1nccn1CCC(=O)Nc1ccc2nc(SCn3nnc4ccccc43)sc2c1. The van der Waals surface area contributed by atoms with Crippen molar-refractivity contribution in [2.24, 2.45) is 0 Å². The monoisotopic (exact) mass is 449 g/mol. The molecule has 0 spiro atoms. The van der Waals surface area contributed by atoms with Gasteiger partial charge in [-0.05, 0) is 37.3 Å². The molecule has 1 amide bonds. The summed E-state index contributed by atoms with van der Waals surface area (Å²) in [4.78, 5) is 21.2. The quantitative estimate of drug-likeness (QED) is 0.372. The Morgan fingerprint density at radius 1 is 1.19 bits per heavy atom. The molecule has 3 aromatic heterocycles. The second-order valence-corrected chi connectivity index (χ2v) is 9.20. The number of benzene rings is 2. The lowest BCUT2D eigenvalue weighted by Gasteiger charge is -2.07. The molecule has 31 heavy (non-hydrogen) atoms. The number of rotatable bonds is 7. The number of thiazole rings is 1. The largest absolute Gasteiger partial charge is 0.335 e. The van der Waals surface area contributed by atoms with E-state index in [2.05, 4.69) is 25.6 Å². The van der Waals surface area contributed by atoms with Crippen LogP contribution in [0, 0.1) is 6.92 Å². The van der Waals surface area contributed by atoms with Crippen LogP contribution in [0.5, 0.6) is 0 Å². The van der Waals surface area contributed by atoms with Crippen molar-refractivity contribution in [3.63, 3.8) is 0 Å². The number of hydrogen-bond donors (Lipinski definition) is 1. The smallest absolute Gasteiger partial charge is 0.226 e. The normalized spacial score (nSPS) is 11.4. The van der Waals surface area contributed by atoms with Gasteiger partial charge >= 0.3 is 0 Å². The van der Waals surface area contributed by atoms with Crippen LogP contribution < -0.4 is 5.32 Å². The number of anilines is 1. The first-order chi connectivity index (χ1) is 15.2. The summed E-state index contributed by atoms with van der Waals surface area (Å²) in [6.07, 6.45) is 4.02. The van der Waals surface area contributed by atoms with Crippen molar-refractivity contribution in [1.29, 1.82) is 0 Å². The average Bonchev–Trinajstić information content (AvgIpc) is 3.48. The second-order valence-electron chi connectivity index (χ2n) is 6.98. The van der Waals surface area contributed by atoms with Gasteiger partial charge < -0.3 is 9.88 Å². The highest BCUT2D eigenvalue weighted by atomic mass is 32.2. The second kappa shape index (κ2) is 8.48. The van der Waals surface area contributed by atoms with E-state index < -0.39 is 0 Å². The van der Waals surface area contributed by atoms with Crippen molar-refractivity contribution in [3.8, 4) is 0 Å². The van der Waals surface area contributed by atoms with Gasteiger partial charge in [0.25, 0.3) is 0 Å². The van der Waals surface area contributed by atoms with Gasteiger partial charge in [0.1, 0.15) is 11.3 Å². The Morgan fingerprint density at radius 2 is 2.10 bits per heavy atom. The molecule has 0 saturated heterocycles. The number of carbonyl (C=O) groups excluding carboxylic acids is 1. The van der Waals surface area contributed by atoms with E-state index in [0.29, 0.717) is 18.8 Å². The van der Waals surface area contributed by atoms with Crippen molar-refractivity contribution in [3.05, 3.63) is 60.7 Å². The molecule has 8 nitrogen and oxygen atoms in total. The van der Waals surface area contributed by atoms with E-state index >= 15 is 0 Å². The number of para-hydroxylation sites is 1. The van der Waals surface area contributed by atoms with Gasteiger partial charge in [0.05, 0.1) is 21.6 Å². The number of hydrogen-bond acceptors (Lipinski definition) is 7. The first kappa shape index (κ1) is 19.7. The zero-order chi connectivity index (χ0) is 21.2. The van der Waals surface area contributed by atoms with Gasteiger partial charge in [0.15, 0.2) is 4.34 Å². The number of aromatic nitrogens is 6. The van der Waals surface area contributed by atoms with E-state index in [1.54, 1.807) is 29.3 Å². The van der Waals surface area contributed by atoms with Crippen LogP contribution >= 0.6 is 23.1 Å². The minimum Gasteiger partial charge on any atom is -0.335 e. The molecule has 5 aromatic rings. The van der Waals surface area contributed by atoms with Gasteiger partial charge in [-0.25, -0.2) is 14.6 Å². The lowest BCUT2D eigenvalue weighted by Crippen LogP contribution is -2.14. The summed E-state index contributed by atoms with van der Waals surface area (Å²) in [5, 5.41) is 11.4. The first-order valence-corrected chi connectivity index (χ1v) is 11.6. The number of nitrogens with one attached hydrogen (secondary N) is 1. The zero-order valence-corrected chi connectivity index (χ0v) is 18.4. The Kier molecular flexibility index (Phi) is 5.39. The summed E-state index contributed by atoms with van der Waals surface area (Å²) in [6.45, 7) is 2.54. The predicted octanol–water partition coefficient (Wildman–Crippen LogP) is 4.32. The molecule has 0 aliphatic carbocycles. The summed E-state index contributed by atoms with van der Waals surface area (Å²) in [5.41, 5.74) is 3.59. The van der Waals surface area contributed by atoms with Gasteiger partial charge in [-0.1, -0.05) is 29.1 Å². The highest BCUT2D eigenvalue weighted by Crippen LogP contribution is 2.32. The van der Waals surface area contributed by atoms with Crippen molar-refractivity contribution in [1.82, 2.24) is 29.5 Å². The molecule has 0 saturated carbocycles. The van der Waals surface area contributed by atoms with Crippen molar-refractivity contribution in [2.45, 2.75) is 30.1 Å². The molecule has 0 bridgehead atoms. The molecule has 10 heteroatoms. The van der Waals surface area contributed by atoms with Crippen LogP contribution in [0.1, 0.15) is 12.2 Å². The van der Waals surface area contributed by atoms with Crippen LogP contribution in [0.25, 0.3) is 21.3 Å². The topological polar surface area (TPSA) is 90.5 Å². The van der Waals surface area contributed by atoms with Gasteiger partial charge in [0, 0.05) is 31.0 Å². The fraction of sp³-hybridized carbons (Fsp3) is 0.190. The average molecular weight is 450 g/mol. The number of nitrogens with zero attached hydrogens (tertiary/aromatic N) is 6. The Bertz CT molecular complexity index is 1370. The van der Waals surface area contributed by atoms with Gasteiger partial charge in [-0.2, -0.15) is 0 Å². The first-order valence-electron chi connectivity index (χ1n) is 9.75. The van der Waals surface area contributed by atoms with Gasteiger partial charge in [-0.3, -0.25) is 4.79 Å². The maximum Gasteiger partial charge on any atom is 0.226 e. The molecule has 3 heterocycles. The Hall–Kier alpha value is -3.24. The van der Waals surface area contributed by atoms with Gasteiger partial charge in [0.2, 0.25) is 5.91 Å². The molecule has 2 aromatic carbocycles. The van der Waals surface area contributed by atoms with E-state index in [4.69, 9.17) is 0 Å². The maximum atomic E-state index is 12.3. The summed E-state index contributed by atoms with van der Waals surface area (Å²) >= 11 is 3.22. The van der Waals surface area contributed by atoms with Gasteiger partial charge in [-0.15, -0.1) is 16.4 Å². The summed E-state index contributed by atoms with van der Waals surface area (Å²) in [7, 11) is 0. The Balaban J connectivity index is 1.23. The number of thioether (sulfide) groups is 1. The fourth-order valence-corrected chi connectivity index (χ4v) is 5.24. The third-order valence-corrected chi connectivity index (χ3v) is 7.01. The predicted molar refractivity (Wildman–Crippen MR) is 123 cm³/mol. The van der Waals surface area contributed by atoms with E-state index in [-0.39, 0.29) is 5.91 Å². The number of fused-ring (bicyclic) bond motifs is 2. The fourth-order valence-electron chi connectivity index (χ4n) is 3.26. The summed E-state index contributed by atoms with van der Waals surface area (Å²) < 4.78 is 5.83. The molecule has 0 unspecified atom stereocenters. The van der Waals surface area contributed by atoms with Crippen LogP contribution in [0.4, 0.5) is 5.69 Å². The molecule has 0 radical (unpaired) electrons. The van der Waals surface area contributed by atoms with E-state index in [9.17, 15) is 4.79 Å². The number of amides is 1. The van der Waals surface area contributed by atoms with Crippen LogP contribution in [0.15, 0.2) is 59.2 Å². The van der Waals surface area contributed by atoms with Crippen LogP contribution in [0.3, 0.4) is 0 Å². The lowest BCUT2D eigenvalue weighted by molar-refractivity contribution is -0.116. The standard InChI is InChI=1S/C21H19N7OS2/c1-14-22-9-11-27(14)10-8-20(29)23-15-6-7-17-19(12-15)31-21(24-17)30-13-28-18-5-3-2-4-16(18)25-26-28/h2-7,9,11-12H,8,10,13H2,1H3,(H,23,29). The number of imidazole rings is 1. The Labute approximate surface area is 186 Å². The minimum absolute atomic E-state index is 0.0235. The molecular weight excluding hydrogens is 430 g/mol. The third-order valence-electron chi connectivity index (χ3n) is 4.89. The molecule has 156 valence electrons. The highest BCUT2D eigenvalue weighted by molar-refractivity contribution is 8.00. The molecule has 0 aliphatic heterocycles. The highest BCUT2D eigenvalue weighted by Gasteiger charge is 2.10. The Morgan fingerprint density at radius 3 is 2.97 bits per heavy atom. The third kappa shape index (κ3) is 4.30. The van der Waals surface area contributed by atoms with E-state index in [1.807, 2.05) is 64.8 Å². The van der Waals surface area contributed by atoms with E-state index in [1.165, 1.54) is 0 Å². The summed E-state index contributed by atoms with van der Waals surface area (Å²) in [6, 6.07) is 13.7. The lowest BCUT2D eigenvalue weighted by atomic mass is 10.3. The summed E-state index contributed by atoms with van der Waals surface area (Å²) in [5.74, 6) is 1.52. The molecule has 0 fully saturated rings. The molecular formula is C21H19N7OS2. The van der Waals surface area contributed by atoms with E-state index in [0.717, 1.165) is 37.1 Å². The van der Waals surface area contributed by atoms with Crippen LogP contribution in [0.2, 0.25) is 0 Å². The van der Waals surface area contributed by atoms with Crippen molar-refractivity contribution >= 4 is 55.9 Å². The molecule has 0 atom stereocenters. The number of aryl methyl sites for hydroxylation is 2. The molecule has 5 rings (SSSR count).